The number of nitrogens with zero attached hydrogens (tertiary/aromatic N) is 4. The minimum atomic E-state index is -0.750. The molecule has 9 heteroatoms. The number of halogens is 3. The van der Waals surface area contributed by atoms with E-state index in [9.17, 15) is 13.6 Å². The monoisotopic (exact) mass is 432 g/mol. The molecular weight excluding hydrogens is 418 g/mol. The lowest BCUT2D eigenvalue weighted by Crippen LogP contribution is -2.32. The first kappa shape index (κ1) is 19.5. The second-order valence-electron chi connectivity index (χ2n) is 6.35. The molecule has 0 fully saturated rings. The molecule has 0 radical (unpaired) electrons. The van der Waals surface area contributed by atoms with Crippen molar-refractivity contribution >= 4 is 44.2 Å². The lowest BCUT2D eigenvalue weighted by molar-refractivity contribution is 0.0986. The summed E-state index contributed by atoms with van der Waals surface area (Å²) in [6.07, 6.45) is 5.84. The predicted molar refractivity (Wildman–Crippen MR) is 110 cm³/mol. The summed E-state index contributed by atoms with van der Waals surface area (Å²) in [6, 6.07) is 8.52. The van der Waals surface area contributed by atoms with Gasteiger partial charge >= 0.3 is 0 Å². The Morgan fingerprint density at radius 3 is 2.72 bits per heavy atom. The van der Waals surface area contributed by atoms with Gasteiger partial charge in [-0.15, -0.1) is 0 Å². The molecule has 0 bridgehead atoms. The molecular formula is C20H15ClF2N4OS. The summed E-state index contributed by atoms with van der Waals surface area (Å²) in [4.78, 5) is 22.9. The molecule has 0 saturated carbocycles. The van der Waals surface area contributed by atoms with Gasteiger partial charge in [-0.1, -0.05) is 22.9 Å². The molecule has 4 aromatic rings. The van der Waals surface area contributed by atoms with E-state index in [1.807, 2.05) is 10.8 Å². The zero-order valence-corrected chi connectivity index (χ0v) is 16.6. The molecule has 2 aromatic heterocycles. The van der Waals surface area contributed by atoms with Crippen LogP contribution in [0.4, 0.5) is 13.9 Å². The number of aromatic nitrogens is 3. The molecule has 4 rings (SSSR count). The van der Waals surface area contributed by atoms with Crippen LogP contribution in [0.3, 0.4) is 0 Å². The largest absolute Gasteiger partial charge is 0.337 e. The Balaban J connectivity index is 1.66. The maximum Gasteiger partial charge on any atom is 0.260 e. The average molecular weight is 433 g/mol. The van der Waals surface area contributed by atoms with Crippen molar-refractivity contribution in [1.29, 1.82) is 0 Å². The summed E-state index contributed by atoms with van der Waals surface area (Å²) in [6.45, 7) is 1.00. The number of carbonyl (C=O) groups is 1. The van der Waals surface area contributed by atoms with Crippen molar-refractivity contribution in [3.8, 4) is 0 Å². The minimum Gasteiger partial charge on any atom is -0.337 e. The number of fused-ring (bicyclic) bond motifs is 1. The average Bonchev–Trinajstić information content (AvgIpc) is 3.35. The number of rotatable bonds is 6. The van der Waals surface area contributed by atoms with Gasteiger partial charge in [-0.25, -0.2) is 18.7 Å². The number of thiazole rings is 1. The first-order chi connectivity index (χ1) is 14.0. The van der Waals surface area contributed by atoms with E-state index < -0.39 is 11.6 Å². The summed E-state index contributed by atoms with van der Waals surface area (Å²) in [7, 11) is 0. The lowest BCUT2D eigenvalue weighted by atomic mass is 10.2. The molecule has 0 N–H and O–H groups in total. The minimum absolute atomic E-state index is 0.0508. The van der Waals surface area contributed by atoms with E-state index in [2.05, 4.69) is 9.97 Å². The van der Waals surface area contributed by atoms with Crippen molar-refractivity contribution in [2.24, 2.45) is 0 Å². The second kappa shape index (κ2) is 8.26. The van der Waals surface area contributed by atoms with Crippen LogP contribution in [0.25, 0.3) is 10.2 Å². The molecule has 29 heavy (non-hydrogen) atoms. The quantitative estimate of drug-likeness (QED) is 0.423. The Hall–Kier alpha value is -2.84. The molecule has 0 aliphatic heterocycles. The molecule has 2 aromatic carbocycles. The van der Waals surface area contributed by atoms with E-state index in [1.54, 1.807) is 36.8 Å². The summed E-state index contributed by atoms with van der Waals surface area (Å²) in [5, 5.41) is 0.834. The zero-order chi connectivity index (χ0) is 20.4. The van der Waals surface area contributed by atoms with Gasteiger partial charge in [0.1, 0.15) is 11.3 Å². The normalized spacial score (nSPS) is 11.1. The van der Waals surface area contributed by atoms with Crippen molar-refractivity contribution in [3.63, 3.8) is 0 Å². The summed E-state index contributed by atoms with van der Waals surface area (Å²) < 4.78 is 29.9. The van der Waals surface area contributed by atoms with Gasteiger partial charge in [-0.3, -0.25) is 9.69 Å². The molecule has 0 spiro atoms. The fourth-order valence-electron chi connectivity index (χ4n) is 2.92. The molecule has 2 heterocycles. The van der Waals surface area contributed by atoms with Crippen molar-refractivity contribution in [3.05, 3.63) is 77.3 Å². The van der Waals surface area contributed by atoms with E-state index in [0.717, 1.165) is 17.4 Å². The van der Waals surface area contributed by atoms with Gasteiger partial charge in [0.05, 0.1) is 11.0 Å². The van der Waals surface area contributed by atoms with Crippen LogP contribution in [-0.4, -0.2) is 27.0 Å². The number of hydrogen-bond acceptors (Lipinski definition) is 4. The number of amides is 1. The molecule has 5 nitrogen and oxygen atoms in total. The fourth-order valence-corrected chi connectivity index (χ4v) is 4.08. The van der Waals surface area contributed by atoms with Crippen LogP contribution in [0.2, 0.25) is 5.02 Å². The van der Waals surface area contributed by atoms with Gasteiger partial charge in [0, 0.05) is 42.1 Å². The molecule has 0 atom stereocenters. The predicted octanol–water partition coefficient (Wildman–Crippen LogP) is 5.16. The molecule has 0 aliphatic rings. The number of benzene rings is 2. The van der Waals surface area contributed by atoms with E-state index in [4.69, 9.17) is 11.6 Å². The van der Waals surface area contributed by atoms with Crippen LogP contribution < -0.4 is 4.90 Å². The van der Waals surface area contributed by atoms with Crippen molar-refractivity contribution in [2.45, 2.75) is 13.0 Å². The number of aryl methyl sites for hydroxylation is 1. The highest BCUT2D eigenvalue weighted by Gasteiger charge is 2.22. The Bertz CT molecular complexity index is 1150. The van der Waals surface area contributed by atoms with E-state index in [0.29, 0.717) is 39.9 Å². The standard InChI is InChI=1S/C20H15ClF2N4OS/c21-14-4-2-13(3-5-14)19(28)27(8-1-7-26-9-6-24-12-26)20-25-18-16(23)10-15(22)11-17(18)29-20/h2-6,9-12H,1,7-8H2. The third-order valence-corrected chi connectivity index (χ3v) is 5.60. The first-order valence-corrected chi connectivity index (χ1v) is 9.99. The zero-order valence-electron chi connectivity index (χ0n) is 15.1. The van der Waals surface area contributed by atoms with E-state index in [-0.39, 0.29) is 11.4 Å². The third kappa shape index (κ3) is 4.28. The third-order valence-electron chi connectivity index (χ3n) is 4.33. The van der Waals surface area contributed by atoms with Crippen molar-refractivity contribution in [1.82, 2.24) is 14.5 Å². The molecule has 148 valence electrons. The van der Waals surface area contributed by atoms with Crippen molar-refractivity contribution in [2.75, 3.05) is 11.4 Å². The Morgan fingerprint density at radius 1 is 1.21 bits per heavy atom. The van der Waals surface area contributed by atoms with E-state index >= 15 is 0 Å². The Kier molecular flexibility index (Phi) is 5.55. The highest BCUT2D eigenvalue weighted by molar-refractivity contribution is 7.22. The highest BCUT2D eigenvalue weighted by atomic mass is 35.5. The molecule has 0 saturated heterocycles. The number of anilines is 1. The van der Waals surface area contributed by atoms with Crippen molar-refractivity contribution < 1.29 is 13.6 Å². The Labute approximate surface area is 174 Å². The molecule has 0 unspecified atom stereocenters. The van der Waals surface area contributed by atoms with Gasteiger partial charge < -0.3 is 4.57 Å². The summed E-state index contributed by atoms with van der Waals surface area (Å²) >= 11 is 6.99. The smallest absolute Gasteiger partial charge is 0.260 e. The molecule has 1 amide bonds. The summed E-state index contributed by atoms with van der Waals surface area (Å²) in [5.41, 5.74) is 0.484. The summed E-state index contributed by atoms with van der Waals surface area (Å²) in [5.74, 6) is -1.71. The van der Waals surface area contributed by atoms with Crippen LogP contribution in [0.1, 0.15) is 16.8 Å². The lowest BCUT2D eigenvalue weighted by Gasteiger charge is -2.20. The van der Waals surface area contributed by atoms with Gasteiger partial charge in [0.25, 0.3) is 5.91 Å². The SMILES string of the molecule is O=C(c1ccc(Cl)cc1)N(CCCn1ccnc1)c1nc2c(F)cc(F)cc2s1. The maximum absolute atomic E-state index is 14.1. The first-order valence-electron chi connectivity index (χ1n) is 8.80. The topological polar surface area (TPSA) is 51.0 Å². The second-order valence-corrected chi connectivity index (χ2v) is 7.79. The van der Waals surface area contributed by atoms with Crippen LogP contribution in [0.15, 0.2) is 55.1 Å². The van der Waals surface area contributed by atoms with Crippen LogP contribution in [0, 0.1) is 11.6 Å². The number of hydrogen-bond donors (Lipinski definition) is 0. The molecule has 0 aliphatic carbocycles. The number of carbonyl (C=O) groups excluding carboxylic acids is 1. The van der Waals surface area contributed by atoms with E-state index in [1.165, 1.54) is 11.0 Å². The Morgan fingerprint density at radius 2 is 2.00 bits per heavy atom. The maximum atomic E-state index is 14.1. The van der Waals surface area contributed by atoms with Crippen LogP contribution >= 0.6 is 22.9 Å². The van der Waals surface area contributed by atoms with Gasteiger partial charge in [0.2, 0.25) is 0 Å². The number of imidazole rings is 1. The van der Waals surface area contributed by atoms with Gasteiger partial charge in [-0.2, -0.15) is 0 Å². The highest BCUT2D eigenvalue weighted by Crippen LogP contribution is 2.32. The van der Waals surface area contributed by atoms with Gasteiger partial charge in [0.15, 0.2) is 10.9 Å². The fraction of sp³-hybridized carbons (Fsp3) is 0.150. The van der Waals surface area contributed by atoms with Gasteiger partial charge in [-0.05, 0) is 36.8 Å². The van der Waals surface area contributed by atoms with Crippen LogP contribution in [-0.2, 0) is 6.54 Å². The van der Waals surface area contributed by atoms with Crippen LogP contribution in [0.5, 0.6) is 0 Å².